The molecule has 2 rings (SSSR count). The SMILES string of the molecule is CCCCCCOc1ccc(-c2nc(N)nc(N)c2C#N)cc1Cl. The van der Waals surface area contributed by atoms with E-state index in [0.29, 0.717) is 28.6 Å². The minimum atomic E-state index is 0.00822. The average Bonchev–Trinajstić information content (AvgIpc) is 2.55. The number of rotatable bonds is 7. The molecule has 1 heterocycles. The molecule has 0 saturated heterocycles. The molecule has 0 aliphatic rings. The van der Waals surface area contributed by atoms with Crippen molar-refractivity contribution in [3.05, 3.63) is 28.8 Å². The van der Waals surface area contributed by atoms with E-state index < -0.39 is 0 Å². The third-order valence-corrected chi connectivity index (χ3v) is 3.82. The summed E-state index contributed by atoms with van der Waals surface area (Å²) in [6, 6.07) is 7.21. The van der Waals surface area contributed by atoms with E-state index in [2.05, 4.69) is 16.9 Å². The average molecular weight is 346 g/mol. The Morgan fingerprint density at radius 2 is 2.00 bits per heavy atom. The smallest absolute Gasteiger partial charge is 0.222 e. The number of hydrogen-bond donors (Lipinski definition) is 2. The molecule has 0 atom stereocenters. The van der Waals surface area contributed by atoms with Crippen LogP contribution in [-0.4, -0.2) is 16.6 Å². The van der Waals surface area contributed by atoms with Crippen LogP contribution in [0.2, 0.25) is 5.02 Å². The van der Waals surface area contributed by atoms with Gasteiger partial charge in [0.1, 0.15) is 23.2 Å². The maximum atomic E-state index is 9.25. The largest absolute Gasteiger partial charge is 0.492 e. The van der Waals surface area contributed by atoms with Gasteiger partial charge < -0.3 is 16.2 Å². The molecule has 7 heteroatoms. The van der Waals surface area contributed by atoms with Gasteiger partial charge in [-0.2, -0.15) is 10.2 Å². The number of benzene rings is 1. The lowest BCUT2D eigenvalue weighted by atomic mass is 10.1. The van der Waals surface area contributed by atoms with Crippen LogP contribution >= 0.6 is 11.6 Å². The first-order chi connectivity index (χ1) is 11.6. The zero-order chi connectivity index (χ0) is 17.5. The number of halogens is 1. The quantitative estimate of drug-likeness (QED) is 0.738. The first-order valence-electron chi connectivity index (χ1n) is 7.82. The summed E-state index contributed by atoms with van der Waals surface area (Å²) in [5.41, 5.74) is 12.5. The Hall–Kier alpha value is -2.52. The van der Waals surface area contributed by atoms with Crippen LogP contribution < -0.4 is 16.2 Å². The highest BCUT2D eigenvalue weighted by molar-refractivity contribution is 6.32. The fourth-order valence-corrected chi connectivity index (χ4v) is 2.53. The fourth-order valence-electron chi connectivity index (χ4n) is 2.29. The Balaban J connectivity index is 2.20. The van der Waals surface area contributed by atoms with Gasteiger partial charge in [-0.15, -0.1) is 0 Å². The van der Waals surface area contributed by atoms with Crippen molar-refractivity contribution in [3.8, 4) is 23.1 Å². The van der Waals surface area contributed by atoms with Crippen molar-refractivity contribution in [2.75, 3.05) is 18.1 Å². The number of nitriles is 1. The monoisotopic (exact) mass is 345 g/mol. The van der Waals surface area contributed by atoms with E-state index in [4.69, 9.17) is 27.8 Å². The molecule has 4 N–H and O–H groups in total. The minimum absolute atomic E-state index is 0.00822. The standard InChI is InChI=1S/C17H20ClN5O/c1-2-3-4-5-8-24-14-7-6-11(9-13(14)18)15-12(10-19)16(20)23-17(21)22-15/h6-7,9H,2-5,8H2,1H3,(H4,20,21,22,23). The first-order valence-corrected chi connectivity index (χ1v) is 8.20. The summed E-state index contributed by atoms with van der Waals surface area (Å²) >= 11 is 6.28. The number of nitrogen functional groups attached to an aromatic ring is 2. The number of nitrogens with two attached hydrogens (primary N) is 2. The van der Waals surface area contributed by atoms with Crippen LogP contribution in [0, 0.1) is 11.3 Å². The van der Waals surface area contributed by atoms with Crippen LogP contribution in [0.3, 0.4) is 0 Å². The molecule has 1 aromatic carbocycles. The van der Waals surface area contributed by atoms with Crippen LogP contribution in [0.1, 0.15) is 38.2 Å². The zero-order valence-electron chi connectivity index (χ0n) is 13.6. The molecule has 1 aromatic heterocycles. The summed E-state index contributed by atoms with van der Waals surface area (Å²) in [5.74, 6) is 0.659. The third-order valence-electron chi connectivity index (χ3n) is 3.53. The Labute approximate surface area is 146 Å². The Morgan fingerprint density at radius 1 is 1.21 bits per heavy atom. The van der Waals surface area contributed by atoms with Crippen molar-refractivity contribution in [2.45, 2.75) is 32.6 Å². The van der Waals surface area contributed by atoms with Gasteiger partial charge in [-0.05, 0) is 24.6 Å². The fraction of sp³-hybridized carbons (Fsp3) is 0.353. The normalized spacial score (nSPS) is 10.4. The summed E-state index contributed by atoms with van der Waals surface area (Å²) in [7, 11) is 0. The third kappa shape index (κ3) is 4.27. The highest BCUT2D eigenvalue weighted by Crippen LogP contribution is 2.32. The molecule has 0 bridgehead atoms. The molecule has 0 radical (unpaired) electrons. The minimum Gasteiger partial charge on any atom is -0.492 e. The highest BCUT2D eigenvalue weighted by Gasteiger charge is 2.14. The highest BCUT2D eigenvalue weighted by atomic mass is 35.5. The van der Waals surface area contributed by atoms with E-state index in [1.807, 2.05) is 6.07 Å². The predicted molar refractivity (Wildman–Crippen MR) is 95.7 cm³/mol. The second kappa shape index (κ2) is 8.37. The number of ether oxygens (including phenoxy) is 1. The van der Waals surface area contributed by atoms with Gasteiger partial charge in [-0.3, -0.25) is 0 Å². The van der Waals surface area contributed by atoms with Gasteiger partial charge >= 0.3 is 0 Å². The van der Waals surface area contributed by atoms with E-state index in [9.17, 15) is 5.26 Å². The maximum absolute atomic E-state index is 9.25. The second-order valence-corrected chi connectivity index (χ2v) is 5.76. The van der Waals surface area contributed by atoms with Gasteiger partial charge in [0, 0.05) is 5.56 Å². The summed E-state index contributed by atoms with van der Waals surface area (Å²) < 4.78 is 5.70. The van der Waals surface area contributed by atoms with Crippen LogP contribution in [0.4, 0.5) is 11.8 Å². The van der Waals surface area contributed by atoms with Gasteiger partial charge in [0.25, 0.3) is 0 Å². The van der Waals surface area contributed by atoms with Gasteiger partial charge in [-0.1, -0.05) is 37.8 Å². The molecule has 0 amide bonds. The van der Waals surface area contributed by atoms with E-state index in [-0.39, 0.29) is 17.3 Å². The van der Waals surface area contributed by atoms with Crippen LogP contribution in [0.15, 0.2) is 18.2 Å². The van der Waals surface area contributed by atoms with Crippen LogP contribution in [0.25, 0.3) is 11.3 Å². The molecular formula is C17H20ClN5O. The molecule has 0 aliphatic heterocycles. The molecule has 6 nitrogen and oxygen atoms in total. The maximum Gasteiger partial charge on any atom is 0.222 e. The number of unbranched alkanes of at least 4 members (excludes halogenated alkanes) is 3. The summed E-state index contributed by atoms with van der Waals surface area (Å²) in [5, 5.41) is 9.70. The summed E-state index contributed by atoms with van der Waals surface area (Å²) in [4.78, 5) is 7.91. The van der Waals surface area contributed by atoms with Crippen molar-refractivity contribution in [1.29, 1.82) is 5.26 Å². The van der Waals surface area contributed by atoms with Crippen molar-refractivity contribution in [3.63, 3.8) is 0 Å². The van der Waals surface area contributed by atoms with Gasteiger partial charge in [-0.25, -0.2) is 4.98 Å². The van der Waals surface area contributed by atoms with E-state index in [1.54, 1.807) is 18.2 Å². The molecule has 0 saturated carbocycles. The van der Waals surface area contributed by atoms with E-state index in [0.717, 1.165) is 12.8 Å². The van der Waals surface area contributed by atoms with E-state index in [1.165, 1.54) is 12.8 Å². The second-order valence-electron chi connectivity index (χ2n) is 5.36. The lowest BCUT2D eigenvalue weighted by Gasteiger charge is -2.11. The van der Waals surface area contributed by atoms with Crippen molar-refractivity contribution in [2.24, 2.45) is 0 Å². The molecule has 24 heavy (non-hydrogen) atoms. The van der Waals surface area contributed by atoms with Crippen LogP contribution in [0.5, 0.6) is 5.75 Å². The zero-order valence-corrected chi connectivity index (χ0v) is 14.3. The number of anilines is 2. The number of nitrogens with zero attached hydrogens (tertiary/aromatic N) is 3. The lowest BCUT2D eigenvalue weighted by molar-refractivity contribution is 0.305. The first kappa shape index (κ1) is 17.8. The Bertz CT molecular complexity index is 757. The van der Waals surface area contributed by atoms with Gasteiger partial charge in [0.2, 0.25) is 5.95 Å². The van der Waals surface area contributed by atoms with E-state index >= 15 is 0 Å². The van der Waals surface area contributed by atoms with Gasteiger partial charge in [0.05, 0.1) is 17.3 Å². The summed E-state index contributed by atoms with van der Waals surface area (Å²) in [6.07, 6.45) is 4.51. The van der Waals surface area contributed by atoms with Crippen molar-refractivity contribution >= 4 is 23.4 Å². The molecule has 2 aromatic rings. The Morgan fingerprint density at radius 3 is 2.67 bits per heavy atom. The molecule has 0 unspecified atom stereocenters. The van der Waals surface area contributed by atoms with Crippen molar-refractivity contribution < 1.29 is 4.74 Å². The molecule has 0 aliphatic carbocycles. The molecule has 0 fully saturated rings. The van der Waals surface area contributed by atoms with Crippen molar-refractivity contribution in [1.82, 2.24) is 9.97 Å². The van der Waals surface area contributed by atoms with Crippen LogP contribution in [-0.2, 0) is 0 Å². The van der Waals surface area contributed by atoms with Gasteiger partial charge in [0.15, 0.2) is 0 Å². The number of aromatic nitrogens is 2. The topological polar surface area (TPSA) is 111 Å². The lowest BCUT2D eigenvalue weighted by Crippen LogP contribution is -2.05. The Kier molecular flexibility index (Phi) is 6.21. The predicted octanol–water partition coefficient (Wildman–Crippen LogP) is 3.79. The molecule has 0 spiro atoms. The summed E-state index contributed by atoms with van der Waals surface area (Å²) in [6.45, 7) is 2.79. The molecule has 126 valence electrons. The molecular weight excluding hydrogens is 326 g/mol. The number of hydrogen-bond acceptors (Lipinski definition) is 6.